The average Bonchev–Trinajstić information content (AvgIpc) is 2.40. The van der Waals surface area contributed by atoms with Crippen LogP contribution in [0.3, 0.4) is 0 Å². The van der Waals surface area contributed by atoms with E-state index in [1.165, 1.54) is 0 Å². The molecule has 0 aliphatic heterocycles. The van der Waals surface area contributed by atoms with E-state index in [0.717, 1.165) is 0 Å². The van der Waals surface area contributed by atoms with Crippen molar-refractivity contribution >= 4 is 37.1 Å². The summed E-state index contributed by atoms with van der Waals surface area (Å²) in [5.41, 5.74) is 0. The molecule has 6 nitrogen and oxygen atoms in total. The fourth-order valence-electron chi connectivity index (χ4n) is 1.54. The third-order valence-electron chi connectivity index (χ3n) is 2.45. The Morgan fingerprint density at radius 3 is 2.30 bits per heavy atom. The lowest BCUT2D eigenvalue weighted by atomic mass is 10.1. The second kappa shape index (κ2) is 11.2. The molecule has 8 heteroatoms. The molecule has 2 amide bonds. The van der Waals surface area contributed by atoms with Crippen molar-refractivity contribution in [2.45, 2.75) is 45.0 Å². The first-order valence-corrected chi connectivity index (χ1v) is 7.87. The Hall–Kier alpha value is -0.440. The molecule has 2 unspecified atom stereocenters. The summed E-state index contributed by atoms with van der Waals surface area (Å²) < 4.78 is 0. The number of thiol groups is 2. The van der Waals surface area contributed by atoms with Gasteiger partial charge in [0.1, 0.15) is 6.23 Å². The molecule has 0 aliphatic carbocycles. The summed E-state index contributed by atoms with van der Waals surface area (Å²) in [7, 11) is 0. The molecule has 0 saturated carbocycles. The van der Waals surface area contributed by atoms with Gasteiger partial charge in [0, 0.05) is 30.8 Å². The Kier molecular flexibility index (Phi) is 11.0. The Morgan fingerprint density at radius 2 is 1.80 bits per heavy atom. The summed E-state index contributed by atoms with van der Waals surface area (Å²) in [5.74, 6) is 0.106. The minimum atomic E-state index is -0.738. The molecule has 2 atom stereocenters. The quantitative estimate of drug-likeness (QED) is 0.243. The minimum Gasteiger partial charge on any atom is -0.378 e. The van der Waals surface area contributed by atoms with Crippen LogP contribution in [0.4, 0.5) is 0 Å². The van der Waals surface area contributed by atoms with Gasteiger partial charge in [-0.2, -0.15) is 25.3 Å². The molecule has 0 aliphatic rings. The van der Waals surface area contributed by atoms with Crippen molar-refractivity contribution < 1.29 is 14.7 Å². The molecule has 0 saturated heterocycles. The summed E-state index contributed by atoms with van der Waals surface area (Å²) in [6, 6.07) is -0.140. The maximum atomic E-state index is 11.6. The third-order valence-corrected chi connectivity index (χ3v) is 3.08. The van der Waals surface area contributed by atoms with Crippen LogP contribution >= 0.6 is 25.3 Å². The number of aliphatic hydroxyl groups excluding tert-OH is 1. The normalized spacial score (nSPS) is 13.9. The number of carbonyl (C=O) groups excluding carboxylic acids is 2. The molecular formula is C12H25N3O3S2. The highest BCUT2D eigenvalue weighted by molar-refractivity contribution is 7.81. The van der Waals surface area contributed by atoms with Crippen LogP contribution in [-0.2, 0) is 9.59 Å². The van der Waals surface area contributed by atoms with E-state index in [4.69, 9.17) is 0 Å². The summed E-state index contributed by atoms with van der Waals surface area (Å²) in [5, 5.41) is 17.8. The Morgan fingerprint density at radius 1 is 1.15 bits per heavy atom. The monoisotopic (exact) mass is 323 g/mol. The zero-order valence-electron chi connectivity index (χ0n) is 11.9. The molecular weight excluding hydrogens is 298 g/mol. The van der Waals surface area contributed by atoms with E-state index >= 15 is 0 Å². The van der Waals surface area contributed by atoms with Crippen LogP contribution in [0.2, 0.25) is 0 Å². The fourth-order valence-corrected chi connectivity index (χ4v) is 1.76. The summed E-state index contributed by atoms with van der Waals surface area (Å²) in [6.45, 7) is 4.15. The number of nitrogens with one attached hydrogen (secondary N) is 3. The van der Waals surface area contributed by atoms with E-state index in [-0.39, 0.29) is 35.4 Å². The first kappa shape index (κ1) is 19.6. The summed E-state index contributed by atoms with van der Waals surface area (Å²) in [6.07, 6.45) is 0.0665. The third kappa shape index (κ3) is 10.4. The number of amides is 2. The van der Waals surface area contributed by atoms with Crippen LogP contribution in [0.5, 0.6) is 0 Å². The topological polar surface area (TPSA) is 90.5 Å². The van der Waals surface area contributed by atoms with Crippen LogP contribution in [0.25, 0.3) is 0 Å². The number of rotatable bonds is 10. The number of aliphatic hydroxyl groups is 1. The molecule has 20 heavy (non-hydrogen) atoms. The van der Waals surface area contributed by atoms with Gasteiger partial charge in [-0.3, -0.25) is 14.9 Å². The molecule has 0 bridgehead atoms. The zero-order chi connectivity index (χ0) is 15.5. The maximum Gasteiger partial charge on any atom is 0.229 e. The second-order valence-corrected chi connectivity index (χ2v) is 5.47. The van der Waals surface area contributed by atoms with Gasteiger partial charge in [-0.05, 0) is 20.3 Å². The van der Waals surface area contributed by atoms with Crippen LogP contribution in [0.1, 0.15) is 26.7 Å². The predicted molar refractivity (Wildman–Crippen MR) is 86.2 cm³/mol. The molecule has 0 rings (SSSR count). The van der Waals surface area contributed by atoms with Gasteiger partial charge in [0.05, 0.1) is 5.75 Å². The van der Waals surface area contributed by atoms with Crippen molar-refractivity contribution in [1.82, 2.24) is 16.0 Å². The van der Waals surface area contributed by atoms with Crippen LogP contribution in [-0.4, -0.2) is 53.3 Å². The Labute approximate surface area is 131 Å². The highest BCUT2D eigenvalue weighted by atomic mass is 32.1. The smallest absolute Gasteiger partial charge is 0.229 e. The van der Waals surface area contributed by atoms with Gasteiger partial charge >= 0.3 is 0 Å². The predicted octanol–water partition coefficient (Wildman–Crippen LogP) is -0.456. The maximum absolute atomic E-state index is 11.6. The van der Waals surface area contributed by atoms with E-state index in [1.54, 1.807) is 0 Å². The molecule has 0 aromatic rings. The summed E-state index contributed by atoms with van der Waals surface area (Å²) >= 11 is 7.85. The van der Waals surface area contributed by atoms with E-state index in [9.17, 15) is 14.7 Å². The lowest BCUT2D eigenvalue weighted by molar-refractivity contribution is -0.123. The van der Waals surface area contributed by atoms with Crippen LogP contribution in [0.15, 0.2) is 0 Å². The molecule has 0 spiro atoms. The number of carbonyl (C=O) groups is 2. The molecule has 0 aromatic carbocycles. The van der Waals surface area contributed by atoms with E-state index < -0.39 is 6.23 Å². The zero-order valence-corrected chi connectivity index (χ0v) is 13.7. The van der Waals surface area contributed by atoms with Crippen molar-refractivity contribution in [2.75, 3.05) is 18.1 Å². The first-order chi connectivity index (χ1) is 9.38. The minimum absolute atomic E-state index is 0.0557. The van der Waals surface area contributed by atoms with Gasteiger partial charge in [0.25, 0.3) is 0 Å². The SMILES string of the molecule is CC(C)NC(=O)CCC(CNC(O)CS)NC(=O)CS. The highest BCUT2D eigenvalue weighted by Crippen LogP contribution is 1.99. The highest BCUT2D eigenvalue weighted by Gasteiger charge is 2.15. The summed E-state index contributed by atoms with van der Waals surface area (Å²) in [4.78, 5) is 23.0. The lowest BCUT2D eigenvalue weighted by Crippen LogP contribution is -2.46. The van der Waals surface area contributed by atoms with E-state index in [2.05, 4.69) is 41.2 Å². The van der Waals surface area contributed by atoms with Gasteiger partial charge < -0.3 is 15.7 Å². The van der Waals surface area contributed by atoms with Crippen LogP contribution in [0, 0.1) is 0 Å². The second-order valence-electron chi connectivity index (χ2n) is 4.79. The van der Waals surface area contributed by atoms with E-state index in [1.807, 2.05) is 13.8 Å². The standard InChI is InChI=1S/C12H25N3O3S2/c1-8(2)14-10(16)4-3-9(15-12(18)7-20)5-13-11(17)6-19/h8-9,11,13,17,19-20H,3-7H2,1-2H3,(H,14,16)(H,15,18). The number of hydrogen-bond donors (Lipinski definition) is 6. The largest absolute Gasteiger partial charge is 0.378 e. The Balaban J connectivity index is 4.23. The molecule has 0 heterocycles. The first-order valence-electron chi connectivity index (χ1n) is 6.61. The van der Waals surface area contributed by atoms with Crippen molar-refractivity contribution in [2.24, 2.45) is 0 Å². The van der Waals surface area contributed by atoms with Gasteiger partial charge in [0.2, 0.25) is 11.8 Å². The molecule has 0 aromatic heterocycles. The van der Waals surface area contributed by atoms with Crippen molar-refractivity contribution in [3.63, 3.8) is 0 Å². The van der Waals surface area contributed by atoms with Crippen LogP contribution < -0.4 is 16.0 Å². The van der Waals surface area contributed by atoms with Gasteiger partial charge in [0.15, 0.2) is 0 Å². The Bertz CT molecular complexity index is 304. The molecule has 118 valence electrons. The van der Waals surface area contributed by atoms with Gasteiger partial charge in [-0.25, -0.2) is 0 Å². The van der Waals surface area contributed by atoms with Gasteiger partial charge in [-0.15, -0.1) is 0 Å². The fraction of sp³-hybridized carbons (Fsp3) is 0.833. The molecule has 0 fully saturated rings. The van der Waals surface area contributed by atoms with Gasteiger partial charge in [-0.1, -0.05) is 0 Å². The lowest BCUT2D eigenvalue weighted by Gasteiger charge is -2.21. The van der Waals surface area contributed by atoms with Crippen molar-refractivity contribution in [3.8, 4) is 0 Å². The van der Waals surface area contributed by atoms with Crippen molar-refractivity contribution in [3.05, 3.63) is 0 Å². The average molecular weight is 323 g/mol. The molecule has 0 radical (unpaired) electrons. The molecule has 4 N–H and O–H groups in total. The van der Waals surface area contributed by atoms with E-state index in [0.29, 0.717) is 19.4 Å². The van der Waals surface area contributed by atoms with Crippen molar-refractivity contribution in [1.29, 1.82) is 0 Å². The number of hydrogen-bond acceptors (Lipinski definition) is 6.